The topological polar surface area (TPSA) is 84.2 Å². The maximum Gasteiger partial charge on any atom is 0.337 e. The van der Waals surface area contributed by atoms with Gasteiger partial charge in [0.2, 0.25) is 0 Å². The summed E-state index contributed by atoms with van der Waals surface area (Å²) in [6, 6.07) is 22.6. The van der Waals surface area contributed by atoms with Crippen LogP contribution in [0.25, 0.3) is 0 Å². The van der Waals surface area contributed by atoms with E-state index < -0.39 is 23.5 Å². The summed E-state index contributed by atoms with van der Waals surface area (Å²) in [5, 5.41) is 18.2. The highest BCUT2D eigenvalue weighted by Crippen LogP contribution is 2.50. The lowest BCUT2D eigenvalue weighted by molar-refractivity contribution is -0.163. The smallest absolute Gasteiger partial charge is 0.337 e. The third-order valence-corrected chi connectivity index (χ3v) is 6.40. The van der Waals surface area contributed by atoms with Gasteiger partial charge in [-0.1, -0.05) is 72.8 Å². The lowest BCUT2D eigenvalue weighted by atomic mass is 9.71. The Morgan fingerprint density at radius 3 is 2.35 bits per heavy atom. The number of hydrogen-bond donors (Lipinski definition) is 1. The van der Waals surface area contributed by atoms with E-state index in [9.17, 15) is 9.90 Å². The third-order valence-electron chi connectivity index (χ3n) is 6.40. The first-order valence-electron chi connectivity index (χ1n) is 11.1. The molecule has 7 heteroatoms. The minimum atomic E-state index is -1.49. The number of aromatic nitrogens is 1. The minimum Gasteiger partial charge on any atom is -0.486 e. The normalized spacial score (nSPS) is 25.4. The molecule has 0 amide bonds. The van der Waals surface area contributed by atoms with E-state index in [0.29, 0.717) is 11.5 Å². The number of esters is 1. The summed E-state index contributed by atoms with van der Waals surface area (Å²) >= 11 is 0. The standard InChI is InChI=1S/C27H25N3O4/c1-33-26(32)27-22(19-9-4-2-5-10-19)14-15-24(20-11-6-3-7-12-20)30(27)29-23(25(27)31)18-34-21-13-8-16-28-17-21/h2-17,22,24-25,31H,18H2,1H3. The van der Waals surface area contributed by atoms with Gasteiger partial charge in [-0.15, -0.1) is 0 Å². The van der Waals surface area contributed by atoms with Crippen molar-refractivity contribution in [2.24, 2.45) is 5.10 Å². The highest BCUT2D eigenvalue weighted by Gasteiger charge is 2.64. The van der Waals surface area contributed by atoms with Crippen LogP contribution in [0, 0.1) is 0 Å². The SMILES string of the molecule is COC(=O)C12C(O)C(COc3cccnc3)=NN1C(c1ccccc1)C=CC2c1ccccc1. The van der Waals surface area contributed by atoms with E-state index in [1.807, 2.05) is 72.8 Å². The average molecular weight is 456 g/mol. The van der Waals surface area contributed by atoms with Crippen LogP contribution < -0.4 is 4.74 Å². The molecule has 34 heavy (non-hydrogen) atoms. The zero-order valence-electron chi connectivity index (χ0n) is 18.7. The zero-order valence-corrected chi connectivity index (χ0v) is 18.7. The van der Waals surface area contributed by atoms with E-state index in [1.165, 1.54) is 7.11 Å². The molecule has 4 atom stereocenters. The molecule has 0 saturated carbocycles. The van der Waals surface area contributed by atoms with Crippen LogP contribution >= 0.6 is 0 Å². The highest BCUT2D eigenvalue weighted by molar-refractivity contribution is 6.01. The molecule has 172 valence electrons. The molecule has 2 aliphatic rings. The van der Waals surface area contributed by atoms with Crippen molar-refractivity contribution in [2.45, 2.75) is 23.6 Å². The summed E-state index contributed by atoms with van der Waals surface area (Å²) in [6.45, 7) is 0.00508. The molecule has 1 aromatic heterocycles. The second-order valence-corrected chi connectivity index (χ2v) is 8.26. The Labute approximate surface area is 198 Å². The number of rotatable bonds is 6. The summed E-state index contributed by atoms with van der Waals surface area (Å²) < 4.78 is 11.2. The molecule has 2 aromatic carbocycles. The summed E-state index contributed by atoms with van der Waals surface area (Å²) in [5.74, 6) is -0.498. The lowest BCUT2D eigenvalue weighted by Gasteiger charge is -2.47. The zero-order chi connectivity index (χ0) is 23.5. The first kappa shape index (κ1) is 21.9. The van der Waals surface area contributed by atoms with Gasteiger partial charge < -0.3 is 14.6 Å². The Bertz CT molecular complexity index is 1200. The molecule has 0 fully saturated rings. The van der Waals surface area contributed by atoms with E-state index in [2.05, 4.69) is 4.98 Å². The number of aliphatic hydroxyl groups excluding tert-OH is 1. The van der Waals surface area contributed by atoms with Crippen LogP contribution in [0.2, 0.25) is 0 Å². The summed E-state index contributed by atoms with van der Waals surface area (Å²) in [6.07, 6.45) is 5.99. The van der Waals surface area contributed by atoms with Crippen molar-refractivity contribution in [3.63, 3.8) is 0 Å². The van der Waals surface area contributed by atoms with Gasteiger partial charge in [0.05, 0.1) is 19.3 Å². The van der Waals surface area contributed by atoms with Crippen LogP contribution in [-0.2, 0) is 9.53 Å². The van der Waals surface area contributed by atoms with Gasteiger partial charge in [0.25, 0.3) is 0 Å². The number of nitrogens with zero attached hydrogens (tertiary/aromatic N) is 3. The molecule has 0 spiro atoms. The van der Waals surface area contributed by atoms with Gasteiger partial charge in [0.15, 0.2) is 5.54 Å². The molecule has 0 radical (unpaired) electrons. The second kappa shape index (κ2) is 9.11. The Hall–Kier alpha value is -3.97. The lowest BCUT2D eigenvalue weighted by Crippen LogP contribution is -2.64. The number of carbonyl (C=O) groups excluding carboxylic acids is 1. The number of hydrogen-bond acceptors (Lipinski definition) is 7. The number of methoxy groups -OCH3 is 1. The molecular formula is C27H25N3O4. The first-order valence-corrected chi connectivity index (χ1v) is 11.1. The van der Waals surface area contributed by atoms with Crippen LogP contribution in [0.5, 0.6) is 5.75 Å². The number of ether oxygens (including phenoxy) is 2. The van der Waals surface area contributed by atoms with Gasteiger partial charge in [-0.2, -0.15) is 5.10 Å². The number of hydrazone groups is 1. The van der Waals surface area contributed by atoms with Crippen molar-refractivity contribution in [2.75, 3.05) is 13.7 Å². The summed E-state index contributed by atoms with van der Waals surface area (Å²) in [7, 11) is 1.34. The molecule has 3 heterocycles. The van der Waals surface area contributed by atoms with E-state index in [-0.39, 0.29) is 12.6 Å². The predicted molar refractivity (Wildman–Crippen MR) is 127 cm³/mol. The van der Waals surface area contributed by atoms with E-state index in [1.54, 1.807) is 29.5 Å². The third kappa shape index (κ3) is 3.54. The largest absolute Gasteiger partial charge is 0.486 e. The molecule has 0 saturated heterocycles. The molecule has 1 N–H and O–H groups in total. The van der Waals surface area contributed by atoms with E-state index >= 15 is 0 Å². The fourth-order valence-electron chi connectivity index (χ4n) is 4.83. The van der Waals surface area contributed by atoms with Crippen molar-refractivity contribution >= 4 is 11.7 Å². The Balaban J connectivity index is 1.62. The monoisotopic (exact) mass is 455 g/mol. The van der Waals surface area contributed by atoms with Crippen molar-refractivity contribution in [3.05, 3.63) is 108 Å². The fraction of sp³-hybridized carbons (Fsp3) is 0.222. The molecular weight excluding hydrogens is 430 g/mol. The molecule has 3 aromatic rings. The maximum absolute atomic E-state index is 13.6. The maximum atomic E-state index is 13.6. The predicted octanol–water partition coefficient (Wildman–Crippen LogP) is 3.50. The number of pyridine rings is 1. The van der Waals surface area contributed by atoms with Gasteiger partial charge in [-0.3, -0.25) is 9.99 Å². The van der Waals surface area contributed by atoms with Crippen molar-refractivity contribution in [1.29, 1.82) is 0 Å². The van der Waals surface area contributed by atoms with Crippen molar-refractivity contribution < 1.29 is 19.4 Å². The van der Waals surface area contributed by atoms with Crippen LogP contribution in [0.1, 0.15) is 23.1 Å². The van der Waals surface area contributed by atoms with Gasteiger partial charge in [0, 0.05) is 12.1 Å². The van der Waals surface area contributed by atoms with Crippen molar-refractivity contribution in [1.82, 2.24) is 9.99 Å². The average Bonchev–Trinajstić information content (AvgIpc) is 3.21. The number of carbonyl (C=O) groups is 1. The molecule has 0 aliphatic carbocycles. The summed E-state index contributed by atoms with van der Waals surface area (Å²) in [4.78, 5) is 17.6. The number of fused-ring (bicyclic) bond motifs is 1. The van der Waals surface area contributed by atoms with E-state index in [0.717, 1.165) is 11.1 Å². The summed E-state index contributed by atoms with van der Waals surface area (Å²) in [5.41, 5.74) is 0.687. The molecule has 7 nitrogen and oxygen atoms in total. The number of aliphatic hydroxyl groups is 1. The quantitative estimate of drug-likeness (QED) is 0.452. The molecule has 0 bridgehead atoms. The Morgan fingerprint density at radius 1 is 1.00 bits per heavy atom. The van der Waals surface area contributed by atoms with E-state index in [4.69, 9.17) is 14.6 Å². The second-order valence-electron chi connectivity index (χ2n) is 8.26. The minimum absolute atomic E-state index is 0.00508. The Kier molecular flexibility index (Phi) is 5.86. The number of benzene rings is 2. The Morgan fingerprint density at radius 2 is 1.71 bits per heavy atom. The van der Waals surface area contributed by atoms with Crippen LogP contribution in [-0.4, -0.2) is 52.1 Å². The highest BCUT2D eigenvalue weighted by atomic mass is 16.5. The van der Waals surface area contributed by atoms with Gasteiger partial charge in [-0.25, -0.2) is 4.79 Å². The van der Waals surface area contributed by atoms with Gasteiger partial charge in [-0.05, 0) is 23.3 Å². The molecule has 2 aliphatic heterocycles. The fourth-order valence-corrected chi connectivity index (χ4v) is 4.83. The molecule has 5 rings (SSSR count). The first-order chi connectivity index (χ1) is 16.7. The molecule has 4 unspecified atom stereocenters. The van der Waals surface area contributed by atoms with Crippen LogP contribution in [0.3, 0.4) is 0 Å². The van der Waals surface area contributed by atoms with Crippen molar-refractivity contribution in [3.8, 4) is 5.75 Å². The van der Waals surface area contributed by atoms with Gasteiger partial charge >= 0.3 is 5.97 Å². The van der Waals surface area contributed by atoms with Gasteiger partial charge in [0.1, 0.15) is 24.2 Å². The van der Waals surface area contributed by atoms with Crippen LogP contribution in [0.15, 0.2) is 102 Å². The van der Waals surface area contributed by atoms with Crippen LogP contribution in [0.4, 0.5) is 0 Å².